The van der Waals surface area contributed by atoms with Crippen molar-refractivity contribution in [3.05, 3.63) is 29.8 Å². The molecule has 121 valence electrons. The molecule has 2 nitrogen and oxygen atoms in total. The average Bonchev–Trinajstić information content (AvgIpc) is 2.64. The van der Waals surface area contributed by atoms with Gasteiger partial charge < -0.3 is 9.31 Å². The Bertz CT molecular complexity index is 498. The lowest BCUT2D eigenvalue weighted by Gasteiger charge is -2.32. The summed E-state index contributed by atoms with van der Waals surface area (Å²) in [5.74, 6) is 0.321. The standard InChI is InChI=1S/C18H30BO2Si/c1-8-11-15(14-12-9-10-13-16(14)22(6)7)19-20-17(2,3)18(4,5)21-19/h9-10,12-13,15H,8,11H2,1-7H3. The van der Waals surface area contributed by atoms with E-state index >= 15 is 0 Å². The fraction of sp³-hybridized carbons (Fsp3) is 0.667. The minimum atomic E-state index is -0.501. The van der Waals surface area contributed by atoms with Crippen LogP contribution in [-0.4, -0.2) is 27.1 Å². The van der Waals surface area contributed by atoms with Crippen molar-refractivity contribution >= 4 is 21.1 Å². The molecule has 0 N–H and O–H groups in total. The Morgan fingerprint density at radius 1 is 1.05 bits per heavy atom. The maximum atomic E-state index is 6.36. The SMILES string of the molecule is CCCC(B1OC(C)(C)C(C)(C)O1)c1ccccc1[Si](C)C. The van der Waals surface area contributed by atoms with Gasteiger partial charge >= 0.3 is 7.12 Å². The van der Waals surface area contributed by atoms with Gasteiger partial charge in [0.15, 0.2) is 0 Å². The van der Waals surface area contributed by atoms with Crippen LogP contribution < -0.4 is 5.19 Å². The van der Waals surface area contributed by atoms with Crippen LogP contribution in [0.15, 0.2) is 24.3 Å². The molecule has 1 fully saturated rings. The third-order valence-electron chi connectivity index (χ3n) is 5.10. The predicted octanol–water partition coefficient (Wildman–Crippen LogP) is 4.16. The van der Waals surface area contributed by atoms with E-state index in [1.807, 2.05) is 0 Å². The third-order valence-corrected chi connectivity index (χ3v) is 6.63. The van der Waals surface area contributed by atoms with Gasteiger partial charge in [-0.3, -0.25) is 0 Å². The highest BCUT2D eigenvalue weighted by atomic mass is 28.3. The Kier molecular flexibility index (Phi) is 5.25. The summed E-state index contributed by atoms with van der Waals surface area (Å²) in [4.78, 5) is 0. The van der Waals surface area contributed by atoms with E-state index < -0.39 is 8.80 Å². The number of hydrogen-bond acceptors (Lipinski definition) is 2. The fourth-order valence-electron chi connectivity index (χ4n) is 3.08. The first-order valence-corrected chi connectivity index (χ1v) is 10.9. The topological polar surface area (TPSA) is 18.5 Å². The molecule has 1 aromatic carbocycles. The minimum Gasteiger partial charge on any atom is -0.403 e. The number of hydrogen-bond donors (Lipinski definition) is 0. The van der Waals surface area contributed by atoms with Gasteiger partial charge in [-0.25, -0.2) is 0 Å². The molecule has 0 aromatic heterocycles. The zero-order valence-corrected chi connectivity index (χ0v) is 16.2. The van der Waals surface area contributed by atoms with Gasteiger partial charge in [0.25, 0.3) is 0 Å². The molecule has 22 heavy (non-hydrogen) atoms. The number of benzene rings is 1. The maximum Gasteiger partial charge on any atom is 0.465 e. The molecular formula is C18H30BO2Si. The van der Waals surface area contributed by atoms with Crippen LogP contribution in [0.1, 0.15) is 58.8 Å². The van der Waals surface area contributed by atoms with Crippen molar-refractivity contribution in [1.29, 1.82) is 0 Å². The van der Waals surface area contributed by atoms with Crippen molar-refractivity contribution in [3.63, 3.8) is 0 Å². The van der Waals surface area contributed by atoms with Gasteiger partial charge in [-0.05, 0) is 39.7 Å². The molecule has 1 atom stereocenters. The molecule has 1 aliphatic rings. The van der Waals surface area contributed by atoms with Crippen LogP contribution in [0, 0.1) is 0 Å². The van der Waals surface area contributed by atoms with Gasteiger partial charge in [0.05, 0.1) is 20.0 Å². The lowest BCUT2D eigenvalue weighted by molar-refractivity contribution is 0.00578. The lowest BCUT2D eigenvalue weighted by Crippen LogP contribution is -2.41. The first kappa shape index (κ1) is 17.8. The second-order valence-electron chi connectivity index (χ2n) is 7.61. The molecule has 0 spiro atoms. The Balaban J connectivity index is 2.37. The Labute approximate surface area is 138 Å². The van der Waals surface area contributed by atoms with Crippen molar-refractivity contribution in [1.82, 2.24) is 0 Å². The van der Waals surface area contributed by atoms with E-state index in [1.165, 1.54) is 10.8 Å². The molecule has 1 radical (unpaired) electrons. The summed E-state index contributed by atoms with van der Waals surface area (Å²) in [6.07, 6.45) is 2.24. The quantitative estimate of drug-likeness (QED) is 0.759. The van der Waals surface area contributed by atoms with E-state index in [0.29, 0.717) is 5.82 Å². The van der Waals surface area contributed by atoms with Gasteiger partial charge in [0.2, 0.25) is 0 Å². The number of rotatable bonds is 5. The van der Waals surface area contributed by atoms with E-state index in [9.17, 15) is 0 Å². The summed E-state index contributed by atoms with van der Waals surface area (Å²) in [7, 11) is -0.647. The second kappa shape index (κ2) is 6.50. The molecule has 0 bridgehead atoms. The molecule has 1 heterocycles. The Morgan fingerprint density at radius 3 is 2.09 bits per heavy atom. The van der Waals surface area contributed by atoms with Gasteiger partial charge in [0.1, 0.15) is 0 Å². The van der Waals surface area contributed by atoms with Gasteiger partial charge in [-0.2, -0.15) is 0 Å². The first-order chi connectivity index (χ1) is 10.2. The summed E-state index contributed by atoms with van der Waals surface area (Å²) in [6.45, 7) is 15.5. The highest BCUT2D eigenvalue weighted by Crippen LogP contribution is 2.41. The molecule has 0 aliphatic carbocycles. The molecular weight excluding hydrogens is 287 g/mol. The van der Waals surface area contributed by atoms with Crippen molar-refractivity contribution < 1.29 is 9.31 Å². The molecule has 1 aliphatic heterocycles. The van der Waals surface area contributed by atoms with E-state index in [2.05, 4.69) is 72.0 Å². The van der Waals surface area contributed by atoms with Crippen LogP contribution in [0.2, 0.25) is 13.1 Å². The van der Waals surface area contributed by atoms with E-state index in [0.717, 1.165) is 12.8 Å². The van der Waals surface area contributed by atoms with Crippen LogP contribution in [0.4, 0.5) is 0 Å². The summed E-state index contributed by atoms with van der Waals surface area (Å²) in [6, 6.07) is 8.87. The molecule has 2 rings (SSSR count). The Hall–Kier alpha value is -0.578. The van der Waals surface area contributed by atoms with Gasteiger partial charge in [-0.1, -0.05) is 55.9 Å². The zero-order chi connectivity index (χ0) is 16.5. The lowest BCUT2D eigenvalue weighted by atomic mass is 9.65. The summed E-state index contributed by atoms with van der Waals surface area (Å²) in [5, 5.41) is 1.51. The fourth-order valence-corrected chi connectivity index (χ4v) is 4.35. The molecule has 0 amide bonds. The van der Waals surface area contributed by atoms with Crippen molar-refractivity contribution in [2.75, 3.05) is 0 Å². The van der Waals surface area contributed by atoms with Gasteiger partial charge in [-0.15, -0.1) is 0 Å². The van der Waals surface area contributed by atoms with Gasteiger partial charge in [0, 0.05) is 5.82 Å². The summed E-state index contributed by atoms with van der Waals surface area (Å²) < 4.78 is 12.7. The molecule has 1 unspecified atom stereocenters. The van der Waals surface area contributed by atoms with Crippen LogP contribution in [0.5, 0.6) is 0 Å². The highest BCUT2D eigenvalue weighted by Gasteiger charge is 2.53. The van der Waals surface area contributed by atoms with E-state index in [4.69, 9.17) is 9.31 Å². The first-order valence-electron chi connectivity index (χ1n) is 8.44. The Morgan fingerprint density at radius 2 is 1.59 bits per heavy atom. The monoisotopic (exact) mass is 317 g/mol. The average molecular weight is 317 g/mol. The van der Waals surface area contributed by atoms with Crippen LogP contribution in [-0.2, 0) is 9.31 Å². The summed E-state index contributed by atoms with van der Waals surface area (Å²) in [5.41, 5.74) is 0.914. The third kappa shape index (κ3) is 3.34. The van der Waals surface area contributed by atoms with Crippen molar-refractivity contribution in [2.45, 2.75) is 77.6 Å². The van der Waals surface area contributed by atoms with Crippen LogP contribution >= 0.6 is 0 Å². The zero-order valence-electron chi connectivity index (χ0n) is 15.2. The van der Waals surface area contributed by atoms with Crippen molar-refractivity contribution in [2.24, 2.45) is 0 Å². The smallest absolute Gasteiger partial charge is 0.403 e. The van der Waals surface area contributed by atoms with Crippen LogP contribution in [0.3, 0.4) is 0 Å². The normalized spacial score (nSPS) is 21.4. The largest absolute Gasteiger partial charge is 0.465 e. The predicted molar refractivity (Wildman–Crippen MR) is 97.3 cm³/mol. The molecule has 0 saturated carbocycles. The molecule has 4 heteroatoms. The maximum absolute atomic E-state index is 6.36. The van der Waals surface area contributed by atoms with E-state index in [-0.39, 0.29) is 18.3 Å². The van der Waals surface area contributed by atoms with Crippen LogP contribution in [0.25, 0.3) is 0 Å². The van der Waals surface area contributed by atoms with Crippen molar-refractivity contribution in [3.8, 4) is 0 Å². The summed E-state index contributed by atoms with van der Waals surface area (Å²) >= 11 is 0. The molecule has 1 aromatic rings. The second-order valence-corrected chi connectivity index (χ2v) is 10.1. The highest BCUT2D eigenvalue weighted by molar-refractivity contribution is 6.71. The molecule has 1 saturated heterocycles. The van der Waals surface area contributed by atoms with E-state index in [1.54, 1.807) is 0 Å². The minimum absolute atomic E-state index is 0.146.